The van der Waals surface area contributed by atoms with Crippen LogP contribution >= 0.6 is 0 Å². The molecule has 3 aromatic heterocycles. The van der Waals surface area contributed by atoms with E-state index in [1.54, 1.807) is 18.3 Å². The van der Waals surface area contributed by atoms with Gasteiger partial charge in [-0.2, -0.15) is 0 Å². The van der Waals surface area contributed by atoms with Crippen molar-refractivity contribution in [2.24, 2.45) is 0 Å². The quantitative estimate of drug-likeness (QED) is 0.462. The number of aromatic nitrogens is 4. The molecule has 23 heavy (non-hydrogen) atoms. The summed E-state index contributed by atoms with van der Waals surface area (Å²) >= 11 is 0. The van der Waals surface area contributed by atoms with Crippen LogP contribution in [0.4, 0.5) is 0 Å². The van der Waals surface area contributed by atoms with Gasteiger partial charge in [0.15, 0.2) is 0 Å². The highest BCUT2D eigenvalue weighted by Gasteiger charge is 2.09. The Bertz CT molecular complexity index is 1070. The summed E-state index contributed by atoms with van der Waals surface area (Å²) in [5.74, 6) is -0.246. The fraction of sp³-hybridized carbons (Fsp3) is 0.0625. The van der Waals surface area contributed by atoms with Gasteiger partial charge in [0.1, 0.15) is 11.3 Å². The van der Waals surface area contributed by atoms with Gasteiger partial charge in [0, 0.05) is 18.1 Å². The number of pyridine rings is 1. The van der Waals surface area contributed by atoms with Crippen molar-refractivity contribution in [2.45, 2.75) is 6.54 Å². The average Bonchev–Trinajstić information content (AvgIpc) is 3.16. The van der Waals surface area contributed by atoms with Crippen LogP contribution in [0.3, 0.4) is 0 Å². The summed E-state index contributed by atoms with van der Waals surface area (Å²) in [6.07, 6.45) is 1.78. The molecule has 4 aromatic rings. The summed E-state index contributed by atoms with van der Waals surface area (Å²) in [6.45, 7) is 0.354. The number of hydrogen-bond donors (Lipinski definition) is 4. The second-order valence-corrected chi connectivity index (χ2v) is 5.25. The van der Waals surface area contributed by atoms with E-state index in [0.29, 0.717) is 23.4 Å². The van der Waals surface area contributed by atoms with E-state index >= 15 is 0 Å². The lowest BCUT2D eigenvalue weighted by atomic mass is 10.2. The number of nitrogens with one attached hydrogen (secondary N) is 4. The number of amides is 1. The molecule has 0 saturated heterocycles. The number of aromatic amines is 3. The van der Waals surface area contributed by atoms with Crippen molar-refractivity contribution in [1.82, 2.24) is 25.3 Å². The van der Waals surface area contributed by atoms with E-state index in [2.05, 4.69) is 25.3 Å². The highest BCUT2D eigenvalue weighted by molar-refractivity contribution is 5.94. The van der Waals surface area contributed by atoms with Crippen LogP contribution in [0.2, 0.25) is 0 Å². The summed E-state index contributed by atoms with van der Waals surface area (Å²) in [5, 5.41) is 3.79. The third-order valence-corrected chi connectivity index (χ3v) is 3.68. The van der Waals surface area contributed by atoms with Crippen LogP contribution in [-0.4, -0.2) is 25.8 Å². The lowest BCUT2D eigenvalue weighted by molar-refractivity contribution is 0.0946. The maximum atomic E-state index is 12.2. The Morgan fingerprint density at radius 1 is 1.09 bits per heavy atom. The lowest BCUT2D eigenvalue weighted by Gasteiger charge is -2.05. The second kappa shape index (κ2) is 5.13. The molecule has 3 heterocycles. The number of hydrogen-bond acceptors (Lipinski definition) is 3. The molecule has 0 unspecified atom stereocenters. The molecule has 7 nitrogen and oxygen atoms in total. The van der Waals surface area contributed by atoms with Gasteiger partial charge >= 0.3 is 5.69 Å². The predicted molar refractivity (Wildman–Crippen MR) is 86.2 cm³/mol. The van der Waals surface area contributed by atoms with Gasteiger partial charge in [0.2, 0.25) is 0 Å². The normalized spacial score (nSPS) is 11.1. The molecule has 0 saturated carbocycles. The number of carbonyl (C=O) groups excluding carboxylic acids is 1. The molecule has 0 spiro atoms. The number of nitrogens with zero attached hydrogens (tertiary/aromatic N) is 1. The van der Waals surface area contributed by atoms with E-state index in [9.17, 15) is 9.59 Å². The Morgan fingerprint density at radius 3 is 2.87 bits per heavy atom. The molecule has 1 aromatic carbocycles. The zero-order valence-electron chi connectivity index (χ0n) is 12.0. The van der Waals surface area contributed by atoms with Crippen molar-refractivity contribution in [1.29, 1.82) is 0 Å². The van der Waals surface area contributed by atoms with Gasteiger partial charge in [-0.1, -0.05) is 6.07 Å². The smallest absolute Gasteiger partial charge is 0.323 e. The van der Waals surface area contributed by atoms with E-state index in [0.717, 1.165) is 16.5 Å². The number of rotatable bonds is 3. The van der Waals surface area contributed by atoms with E-state index < -0.39 is 0 Å². The number of benzene rings is 1. The Kier molecular flexibility index (Phi) is 2.97. The number of imidazole rings is 1. The van der Waals surface area contributed by atoms with Crippen molar-refractivity contribution in [3.63, 3.8) is 0 Å². The van der Waals surface area contributed by atoms with Crippen molar-refractivity contribution < 1.29 is 4.79 Å². The monoisotopic (exact) mass is 307 g/mol. The molecule has 0 aliphatic rings. The highest BCUT2D eigenvalue weighted by Crippen LogP contribution is 2.12. The van der Waals surface area contributed by atoms with Gasteiger partial charge in [-0.3, -0.25) is 4.79 Å². The van der Waals surface area contributed by atoms with E-state index in [1.807, 2.05) is 24.3 Å². The molecular weight excluding hydrogens is 294 g/mol. The first kappa shape index (κ1) is 13.3. The minimum atomic E-state index is -0.246. The summed E-state index contributed by atoms with van der Waals surface area (Å²) in [5.41, 5.74) is 3.14. The fourth-order valence-corrected chi connectivity index (χ4v) is 2.52. The standard InChI is InChI=1S/C16H13N5O2/c22-15(12-4-2-10-5-6-17-14(10)19-12)18-8-9-1-3-11-13(7-9)21-16(23)20-11/h1-7H,8H2,(H,17,19)(H,18,22)(H2,20,21,23). The Balaban J connectivity index is 1.52. The van der Waals surface area contributed by atoms with Crippen LogP contribution < -0.4 is 11.0 Å². The van der Waals surface area contributed by atoms with Crippen molar-refractivity contribution in [3.8, 4) is 0 Å². The summed E-state index contributed by atoms with van der Waals surface area (Å²) < 4.78 is 0. The highest BCUT2D eigenvalue weighted by atomic mass is 16.2. The second-order valence-electron chi connectivity index (χ2n) is 5.25. The van der Waals surface area contributed by atoms with Crippen LogP contribution in [0, 0.1) is 0 Å². The van der Waals surface area contributed by atoms with E-state index in [1.165, 1.54) is 0 Å². The Hall–Kier alpha value is -3.35. The van der Waals surface area contributed by atoms with Crippen molar-refractivity contribution in [2.75, 3.05) is 0 Å². The summed E-state index contributed by atoms with van der Waals surface area (Å²) in [6, 6.07) is 10.9. The largest absolute Gasteiger partial charge is 0.347 e. The first-order chi connectivity index (χ1) is 11.2. The van der Waals surface area contributed by atoms with Gasteiger partial charge in [-0.05, 0) is 35.9 Å². The molecule has 114 valence electrons. The maximum absolute atomic E-state index is 12.2. The molecule has 4 rings (SSSR count). The van der Waals surface area contributed by atoms with Gasteiger partial charge < -0.3 is 20.3 Å². The average molecular weight is 307 g/mol. The molecule has 0 aliphatic carbocycles. The van der Waals surface area contributed by atoms with Crippen LogP contribution in [0.15, 0.2) is 47.4 Å². The SMILES string of the molecule is O=C(NCc1ccc2[nH]c(=O)[nH]c2c1)c1ccc2cc[nH]c2n1. The third kappa shape index (κ3) is 2.48. The van der Waals surface area contributed by atoms with Crippen LogP contribution in [0.5, 0.6) is 0 Å². The molecular formula is C16H13N5O2. The van der Waals surface area contributed by atoms with Gasteiger partial charge in [-0.25, -0.2) is 9.78 Å². The van der Waals surface area contributed by atoms with Crippen molar-refractivity contribution in [3.05, 3.63) is 64.3 Å². The molecule has 0 fully saturated rings. The number of fused-ring (bicyclic) bond motifs is 2. The molecule has 4 N–H and O–H groups in total. The topological polar surface area (TPSA) is 106 Å². The fourth-order valence-electron chi connectivity index (χ4n) is 2.52. The van der Waals surface area contributed by atoms with Gasteiger partial charge in [-0.15, -0.1) is 0 Å². The molecule has 0 aliphatic heterocycles. The predicted octanol–water partition coefficient (Wildman–Crippen LogP) is 1.66. The minimum Gasteiger partial charge on any atom is -0.347 e. The molecule has 0 atom stereocenters. The minimum absolute atomic E-state index is 0.246. The van der Waals surface area contributed by atoms with Crippen LogP contribution in [0.25, 0.3) is 22.1 Å². The summed E-state index contributed by atoms with van der Waals surface area (Å²) in [7, 11) is 0. The molecule has 0 radical (unpaired) electrons. The summed E-state index contributed by atoms with van der Waals surface area (Å²) in [4.78, 5) is 36.1. The van der Waals surface area contributed by atoms with Crippen LogP contribution in [0.1, 0.15) is 16.1 Å². The number of H-pyrrole nitrogens is 3. The zero-order chi connectivity index (χ0) is 15.8. The Labute approximate surface area is 129 Å². The van der Waals surface area contributed by atoms with Gasteiger partial charge in [0.05, 0.1) is 11.0 Å². The first-order valence-electron chi connectivity index (χ1n) is 7.12. The van der Waals surface area contributed by atoms with Crippen molar-refractivity contribution >= 4 is 28.0 Å². The molecule has 0 bridgehead atoms. The zero-order valence-corrected chi connectivity index (χ0v) is 12.0. The first-order valence-corrected chi connectivity index (χ1v) is 7.12. The van der Waals surface area contributed by atoms with E-state index in [4.69, 9.17) is 0 Å². The third-order valence-electron chi connectivity index (χ3n) is 3.68. The van der Waals surface area contributed by atoms with E-state index in [-0.39, 0.29) is 11.6 Å². The Morgan fingerprint density at radius 2 is 1.96 bits per heavy atom. The van der Waals surface area contributed by atoms with Crippen LogP contribution in [-0.2, 0) is 6.54 Å². The number of carbonyl (C=O) groups is 1. The lowest BCUT2D eigenvalue weighted by Crippen LogP contribution is -2.23. The van der Waals surface area contributed by atoms with Gasteiger partial charge in [0.25, 0.3) is 5.91 Å². The molecule has 7 heteroatoms. The molecule has 1 amide bonds. The maximum Gasteiger partial charge on any atom is 0.323 e.